The highest BCUT2D eigenvalue weighted by Gasteiger charge is 2.54. The average molecular weight is 194 g/mol. The largest absolute Gasteiger partial charge is 0.0820 e. The van der Waals surface area contributed by atoms with Gasteiger partial charge in [0.05, 0.1) is 0 Å². The molecule has 0 N–H and O–H groups in total. The highest BCUT2D eigenvalue weighted by atomic mass is 127. The van der Waals surface area contributed by atoms with Crippen molar-refractivity contribution in [1.82, 2.24) is 0 Å². The van der Waals surface area contributed by atoms with E-state index >= 15 is 0 Å². The second kappa shape index (κ2) is 0.932. The lowest BCUT2D eigenvalue weighted by atomic mass is 10.0. The molecule has 34 valence electrons. The standard InChI is InChI=1S/C5H7I/c6-5-3-1-2-4(3)5/h3-5H,1-2H2/t3-,4+,5?. The summed E-state index contributed by atoms with van der Waals surface area (Å²) in [6.45, 7) is 0. The van der Waals surface area contributed by atoms with Gasteiger partial charge in [0, 0.05) is 3.92 Å². The summed E-state index contributed by atoms with van der Waals surface area (Å²) in [7, 11) is 0. The topological polar surface area (TPSA) is 0 Å². The number of halogens is 1. The summed E-state index contributed by atoms with van der Waals surface area (Å²) in [4.78, 5) is 0. The van der Waals surface area contributed by atoms with E-state index in [9.17, 15) is 0 Å². The summed E-state index contributed by atoms with van der Waals surface area (Å²) in [6.07, 6.45) is 3.08. The SMILES string of the molecule is IC1[C@H]2CC[C@@H]12. The molecule has 0 aromatic carbocycles. The van der Waals surface area contributed by atoms with E-state index in [0.717, 1.165) is 3.92 Å². The summed E-state index contributed by atoms with van der Waals surface area (Å²) >= 11 is 2.57. The van der Waals surface area contributed by atoms with Gasteiger partial charge in [-0.1, -0.05) is 22.6 Å². The molecule has 0 heterocycles. The highest BCUT2D eigenvalue weighted by Crippen LogP contribution is 2.60. The number of fused-ring (bicyclic) bond motifs is 1. The molecular weight excluding hydrogens is 187 g/mol. The van der Waals surface area contributed by atoms with Gasteiger partial charge in [0.2, 0.25) is 0 Å². The van der Waals surface area contributed by atoms with Gasteiger partial charge in [0.1, 0.15) is 0 Å². The predicted octanol–water partition coefficient (Wildman–Crippen LogP) is 1.83. The van der Waals surface area contributed by atoms with Gasteiger partial charge in [-0.05, 0) is 24.7 Å². The molecule has 0 nitrogen and oxygen atoms in total. The van der Waals surface area contributed by atoms with Gasteiger partial charge in [0.15, 0.2) is 0 Å². The zero-order valence-corrected chi connectivity index (χ0v) is 5.68. The van der Waals surface area contributed by atoms with E-state index in [4.69, 9.17) is 0 Å². The minimum Gasteiger partial charge on any atom is -0.0820 e. The van der Waals surface area contributed by atoms with Crippen molar-refractivity contribution < 1.29 is 0 Å². The van der Waals surface area contributed by atoms with Crippen LogP contribution in [0.1, 0.15) is 12.8 Å². The molecule has 0 aliphatic heterocycles. The molecular formula is C5H7I. The Hall–Kier alpha value is 0.730. The minimum absolute atomic E-state index is 1.10. The first-order chi connectivity index (χ1) is 2.89. The van der Waals surface area contributed by atoms with E-state index < -0.39 is 0 Å². The van der Waals surface area contributed by atoms with Crippen molar-refractivity contribution in [3.05, 3.63) is 0 Å². The summed E-state index contributed by atoms with van der Waals surface area (Å²) in [5.74, 6) is 2.37. The monoisotopic (exact) mass is 194 g/mol. The quantitative estimate of drug-likeness (QED) is 0.407. The van der Waals surface area contributed by atoms with Crippen LogP contribution in [0, 0.1) is 11.8 Å². The maximum atomic E-state index is 2.57. The summed E-state index contributed by atoms with van der Waals surface area (Å²) < 4.78 is 1.10. The zero-order valence-electron chi connectivity index (χ0n) is 3.52. The minimum atomic E-state index is 1.10. The molecule has 0 aromatic rings. The van der Waals surface area contributed by atoms with Crippen LogP contribution >= 0.6 is 22.6 Å². The van der Waals surface area contributed by atoms with Crippen molar-refractivity contribution >= 4 is 22.6 Å². The summed E-state index contributed by atoms with van der Waals surface area (Å²) in [6, 6.07) is 0. The fraction of sp³-hybridized carbons (Fsp3) is 1.00. The Balaban J connectivity index is 2.11. The maximum absolute atomic E-state index is 2.57. The molecule has 2 saturated carbocycles. The van der Waals surface area contributed by atoms with Crippen LogP contribution in [0.4, 0.5) is 0 Å². The third kappa shape index (κ3) is 0.266. The van der Waals surface area contributed by atoms with Crippen LogP contribution < -0.4 is 0 Å². The first-order valence-corrected chi connectivity index (χ1v) is 3.78. The molecule has 0 bridgehead atoms. The summed E-state index contributed by atoms with van der Waals surface area (Å²) in [5, 5.41) is 0. The fourth-order valence-corrected chi connectivity index (χ4v) is 2.81. The molecule has 0 spiro atoms. The van der Waals surface area contributed by atoms with Gasteiger partial charge >= 0.3 is 0 Å². The lowest BCUT2D eigenvalue weighted by molar-refractivity contribution is 0.468. The van der Waals surface area contributed by atoms with Crippen LogP contribution in [-0.4, -0.2) is 3.92 Å². The Morgan fingerprint density at radius 3 is 1.67 bits per heavy atom. The normalized spacial score (nSPS) is 62.5. The van der Waals surface area contributed by atoms with Gasteiger partial charge in [0.25, 0.3) is 0 Å². The summed E-state index contributed by atoms with van der Waals surface area (Å²) in [5.41, 5.74) is 0. The molecule has 3 atom stereocenters. The lowest BCUT2D eigenvalue weighted by Crippen LogP contribution is -1.93. The molecule has 0 saturated heterocycles. The third-order valence-electron chi connectivity index (χ3n) is 2.06. The molecule has 0 aromatic heterocycles. The molecule has 0 radical (unpaired) electrons. The van der Waals surface area contributed by atoms with Crippen molar-refractivity contribution in [3.8, 4) is 0 Å². The second-order valence-electron chi connectivity index (χ2n) is 2.35. The number of alkyl halides is 1. The fourth-order valence-electron chi connectivity index (χ4n) is 1.27. The smallest absolute Gasteiger partial charge is 0.0172 e. The molecule has 1 unspecified atom stereocenters. The molecule has 0 amide bonds. The van der Waals surface area contributed by atoms with Crippen LogP contribution in [0.2, 0.25) is 0 Å². The van der Waals surface area contributed by atoms with E-state index in [1.807, 2.05) is 0 Å². The number of rotatable bonds is 0. The Morgan fingerprint density at radius 1 is 1.17 bits per heavy atom. The second-order valence-corrected chi connectivity index (χ2v) is 3.79. The van der Waals surface area contributed by atoms with Crippen LogP contribution in [0.15, 0.2) is 0 Å². The van der Waals surface area contributed by atoms with Crippen LogP contribution in [-0.2, 0) is 0 Å². The zero-order chi connectivity index (χ0) is 4.15. The number of hydrogen-bond acceptors (Lipinski definition) is 0. The van der Waals surface area contributed by atoms with Crippen LogP contribution in [0.5, 0.6) is 0 Å². The van der Waals surface area contributed by atoms with Crippen molar-refractivity contribution in [2.75, 3.05) is 0 Å². The van der Waals surface area contributed by atoms with E-state index in [-0.39, 0.29) is 0 Å². The number of hydrogen-bond donors (Lipinski definition) is 0. The molecule has 6 heavy (non-hydrogen) atoms. The highest BCUT2D eigenvalue weighted by molar-refractivity contribution is 14.1. The lowest BCUT2D eigenvalue weighted by Gasteiger charge is -2.04. The van der Waals surface area contributed by atoms with E-state index in [2.05, 4.69) is 22.6 Å². The van der Waals surface area contributed by atoms with Crippen LogP contribution in [0.3, 0.4) is 0 Å². The maximum Gasteiger partial charge on any atom is 0.0172 e. The Bertz CT molecular complexity index is 63.3. The predicted molar refractivity (Wildman–Crippen MR) is 34.0 cm³/mol. The average Bonchev–Trinajstić information content (AvgIpc) is 1.63. The van der Waals surface area contributed by atoms with Crippen molar-refractivity contribution in [2.45, 2.75) is 16.8 Å². The molecule has 2 fully saturated rings. The Morgan fingerprint density at radius 2 is 1.67 bits per heavy atom. The van der Waals surface area contributed by atoms with E-state index in [0.29, 0.717) is 0 Å². The Labute approximate surface area is 51.4 Å². The van der Waals surface area contributed by atoms with Crippen molar-refractivity contribution in [2.24, 2.45) is 11.8 Å². The van der Waals surface area contributed by atoms with Gasteiger partial charge in [-0.3, -0.25) is 0 Å². The third-order valence-corrected chi connectivity index (χ3v) is 3.91. The van der Waals surface area contributed by atoms with Gasteiger partial charge in [-0.2, -0.15) is 0 Å². The molecule has 2 aliphatic rings. The molecule has 1 heteroatoms. The van der Waals surface area contributed by atoms with Gasteiger partial charge in [-0.25, -0.2) is 0 Å². The van der Waals surface area contributed by atoms with Gasteiger partial charge in [-0.15, -0.1) is 0 Å². The van der Waals surface area contributed by atoms with E-state index in [1.54, 1.807) is 0 Å². The van der Waals surface area contributed by atoms with Crippen molar-refractivity contribution in [1.29, 1.82) is 0 Å². The van der Waals surface area contributed by atoms with Crippen LogP contribution in [0.25, 0.3) is 0 Å². The molecule has 2 aliphatic carbocycles. The van der Waals surface area contributed by atoms with Crippen molar-refractivity contribution in [3.63, 3.8) is 0 Å². The first-order valence-electron chi connectivity index (χ1n) is 2.53. The Kier molecular flexibility index (Phi) is 0.574. The van der Waals surface area contributed by atoms with E-state index in [1.165, 1.54) is 24.7 Å². The molecule has 2 rings (SSSR count). The first kappa shape index (κ1) is 3.70. The van der Waals surface area contributed by atoms with Gasteiger partial charge < -0.3 is 0 Å².